The Labute approximate surface area is 130 Å². The van der Waals surface area contributed by atoms with E-state index in [1.165, 1.54) is 20.0 Å². The molecule has 6 heteroatoms. The number of esters is 1. The highest BCUT2D eigenvalue weighted by atomic mass is 16.5. The number of rotatable bonds is 3. The Morgan fingerprint density at radius 3 is 2.45 bits per heavy atom. The molecule has 1 saturated carbocycles. The molecule has 1 aromatic carbocycles. The SMILES string of the molecule is COC(=O)c1ccccc1NC(=O)N1CCN(C2CC2)CC1. The second kappa shape index (κ2) is 6.36. The van der Waals surface area contributed by atoms with Crippen LogP contribution in [0.4, 0.5) is 10.5 Å². The Morgan fingerprint density at radius 1 is 1.14 bits per heavy atom. The molecule has 0 aromatic heterocycles. The van der Waals surface area contributed by atoms with Crippen LogP contribution in [0.3, 0.4) is 0 Å². The van der Waals surface area contributed by atoms with E-state index in [4.69, 9.17) is 4.74 Å². The summed E-state index contributed by atoms with van der Waals surface area (Å²) in [4.78, 5) is 28.3. The lowest BCUT2D eigenvalue weighted by molar-refractivity contribution is 0.0602. The van der Waals surface area contributed by atoms with Crippen molar-refractivity contribution in [2.45, 2.75) is 18.9 Å². The molecule has 1 heterocycles. The van der Waals surface area contributed by atoms with E-state index < -0.39 is 5.97 Å². The van der Waals surface area contributed by atoms with Crippen molar-refractivity contribution in [3.05, 3.63) is 29.8 Å². The van der Waals surface area contributed by atoms with Crippen molar-refractivity contribution in [3.8, 4) is 0 Å². The molecule has 0 atom stereocenters. The molecule has 0 spiro atoms. The number of nitrogens with zero attached hydrogens (tertiary/aromatic N) is 2. The maximum absolute atomic E-state index is 12.4. The number of carbonyl (C=O) groups excluding carboxylic acids is 2. The summed E-state index contributed by atoms with van der Waals surface area (Å²) in [6.07, 6.45) is 2.58. The van der Waals surface area contributed by atoms with Crippen molar-refractivity contribution < 1.29 is 14.3 Å². The molecule has 2 amide bonds. The maximum atomic E-state index is 12.4. The molecule has 0 unspecified atom stereocenters. The number of ether oxygens (including phenoxy) is 1. The van der Waals surface area contributed by atoms with Gasteiger partial charge >= 0.3 is 12.0 Å². The van der Waals surface area contributed by atoms with E-state index in [1.54, 1.807) is 29.2 Å². The third-order valence-electron chi connectivity index (χ3n) is 4.24. The van der Waals surface area contributed by atoms with Gasteiger partial charge in [0.1, 0.15) is 0 Å². The molecule has 1 N–H and O–H groups in total. The van der Waals surface area contributed by atoms with Gasteiger partial charge < -0.3 is 15.0 Å². The zero-order valence-electron chi connectivity index (χ0n) is 12.7. The smallest absolute Gasteiger partial charge is 0.339 e. The van der Waals surface area contributed by atoms with Crippen molar-refractivity contribution in [2.75, 3.05) is 38.6 Å². The number of amides is 2. The van der Waals surface area contributed by atoms with E-state index in [-0.39, 0.29) is 6.03 Å². The number of nitrogens with one attached hydrogen (secondary N) is 1. The number of hydrogen-bond acceptors (Lipinski definition) is 4. The van der Waals surface area contributed by atoms with Gasteiger partial charge in [-0.1, -0.05) is 12.1 Å². The fourth-order valence-corrected chi connectivity index (χ4v) is 2.80. The molecule has 1 aliphatic carbocycles. The molecule has 0 radical (unpaired) electrons. The summed E-state index contributed by atoms with van der Waals surface area (Å²) < 4.78 is 4.74. The highest BCUT2D eigenvalue weighted by molar-refractivity contribution is 6.00. The second-order valence-electron chi connectivity index (χ2n) is 5.72. The number of methoxy groups -OCH3 is 1. The summed E-state index contributed by atoms with van der Waals surface area (Å²) >= 11 is 0. The number of piperazine rings is 1. The quantitative estimate of drug-likeness (QED) is 0.865. The highest BCUT2D eigenvalue weighted by Gasteiger charge is 2.32. The van der Waals surface area contributed by atoms with Crippen LogP contribution in [0.25, 0.3) is 0 Å². The number of para-hydroxylation sites is 1. The fraction of sp³-hybridized carbons (Fsp3) is 0.500. The average molecular weight is 303 g/mol. The number of anilines is 1. The minimum absolute atomic E-state index is 0.160. The Kier molecular flexibility index (Phi) is 4.29. The third-order valence-corrected chi connectivity index (χ3v) is 4.24. The van der Waals surface area contributed by atoms with Crippen molar-refractivity contribution >= 4 is 17.7 Å². The van der Waals surface area contributed by atoms with Crippen LogP contribution in [-0.2, 0) is 4.74 Å². The van der Waals surface area contributed by atoms with Crippen molar-refractivity contribution in [1.82, 2.24) is 9.80 Å². The minimum atomic E-state index is -0.450. The number of urea groups is 1. The van der Waals surface area contributed by atoms with Crippen molar-refractivity contribution in [1.29, 1.82) is 0 Å². The van der Waals surface area contributed by atoms with E-state index >= 15 is 0 Å². The molecule has 2 fully saturated rings. The van der Waals surface area contributed by atoms with Gasteiger partial charge in [0.05, 0.1) is 18.4 Å². The lowest BCUT2D eigenvalue weighted by atomic mass is 10.2. The standard InChI is InChI=1S/C16H21N3O3/c1-22-15(20)13-4-2-3-5-14(13)17-16(21)19-10-8-18(9-11-19)12-6-7-12/h2-5,12H,6-11H2,1H3,(H,17,21). The van der Waals surface area contributed by atoms with Crippen LogP contribution in [0.1, 0.15) is 23.2 Å². The lowest BCUT2D eigenvalue weighted by Gasteiger charge is -2.34. The van der Waals surface area contributed by atoms with E-state index in [2.05, 4.69) is 10.2 Å². The predicted molar refractivity (Wildman–Crippen MR) is 83.0 cm³/mol. The minimum Gasteiger partial charge on any atom is -0.465 e. The molecule has 1 aromatic rings. The monoisotopic (exact) mass is 303 g/mol. The first kappa shape index (κ1) is 14.8. The van der Waals surface area contributed by atoms with Crippen molar-refractivity contribution in [2.24, 2.45) is 0 Å². The van der Waals surface area contributed by atoms with Gasteiger partial charge in [0.25, 0.3) is 0 Å². The van der Waals surface area contributed by atoms with Gasteiger partial charge in [-0.15, -0.1) is 0 Å². The molecular weight excluding hydrogens is 282 g/mol. The zero-order chi connectivity index (χ0) is 15.5. The van der Waals surface area contributed by atoms with Crippen LogP contribution in [0.2, 0.25) is 0 Å². The molecule has 3 rings (SSSR count). The summed E-state index contributed by atoms with van der Waals surface area (Å²) in [5, 5.41) is 2.82. The third kappa shape index (κ3) is 3.22. The first-order valence-electron chi connectivity index (χ1n) is 7.66. The van der Waals surface area contributed by atoms with Gasteiger partial charge in [0, 0.05) is 32.2 Å². The number of hydrogen-bond donors (Lipinski definition) is 1. The van der Waals surface area contributed by atoms with Gasteiger partial charge in [0.2, 0.25) is 0 Å². The number of carbonyl (C=O) groups is 2. The van der Waals surface area contributed by atoms with Crippen molar-refractivity contribution in [3.63, 3.8) is 0 Å². The summed E-state index contributed by atoms with van der Waals surface area (Å²) in [6.45, 7) is 3.30. The number of benzene rings is 1. The van der Waals surface area contributed by atoms with E-state index in [1.807, 2.05) is 0 Å². The highest BCUT2D eigenvalue weighted by Crippen LogP contribution is 2.27. The molecule has 1 aliphatic heterocycles. The predicted octanol–water partition coefficient (Wildman–Crippen LogP) is 1.79. The first-order chi connectivity index (χ1) is 10.7. The Balaban J connectivity index is 1.61. The molecule has 118 valence electrons. The molecule has 6 nitrogen and oxygen atoms in total. The first-order valence-corrected chi connectivity index (χ1v) is 7.66. The summed E-state index contributed by atoms with van der Waals surface area (Å²) in [7, 11) is 1.33. The normalized spacial score (nSPS) is 18.9. The van der Waals surface area contributed by atoms with Gasteiger partial charge in [-0.3, -0.25) is 4.90 Å². The van der Waals surface area contributed by atoms with Crippen LogP contribution in [0, 0.1) is 0 Å². The lowest BCUT2D eigenvalue weighted by Crippen LogP contribution is -2.50. The second-order valence-corrected chi connectivity index (χ2v) is 5.72. The van der Waals surface area contributed by atoms with Crippen LogP contribution < -0.4 is 5.32 Å². The Hall–Kier alpha value is -2.08. The van der Waals surface area contributed by atoms with Gasteiger partial charge in [0.15, 0.2) is 0 Å². The molecular formula is C16H21N3O3. The Bertz CT molecular complexity index is 564. The molecule has 2 aliphatic rings. The fourth-order valence-electron chi connectivity index (χ4n) is 2.80. The average Bonchev–Trinajstić information content (AvgIpc) is 3.40. The molecule has 22 heavy (non-hydrogen) atoms. The van der Waals surface area contributed by atoms with Gasteiger partial charge in [-0.05, 0) is 25.0 Å². The molecule has 0 bridgehead atoms. The summed E-state index contributed by atoms with van der Waals surface area (Å²) in [6, 6.07) is 7.47. The topological polar surface area (TPSA) is 61.9 Å². The van der Waals surface area contributed by atoms with E-state index in [9.17, 15) is 9.59 Å². The van der Waals surface area contributed by atoms with Crippen LogP contribution in [-0.4, -0.2) is 61.1 Å². The van der Waals surface area contributed by atoms with Crippen LogP contribution in [0.15, 0.2) is 24.3 Å². The van der Waals surface area contributed by atoms with E-state index in [0.717, 1.165) is 32.2 Å². The van der Waals surface area contributed by atoms with Gasteiger partial charge in [-0.25, -0.2) is 9.59 Å². The van der Waals surface area contributed by atoms with Crippen LogP contribution in [0.5, 0.6) is 0 Å². The largest absolute Gasteiger partial charge is 0.465 e. The van der Waals surface area contributed by atoms with Crippen LogP contribution >= 0.6 is 0 Å². The van der Waals surface area contributed by atoms with E-state index in [0.29, 0.717) is 11.3 Å². The van der Waals surface area contributed by atoms with Gasteiger partial charge in [-0.2, -0.15) is 0 Å². The Morgan fingerprint density at radius 2 is 1.82 bits per heavy atom. The zero-order valence-corrected chi connectivity index (χ0v) is 12.7. The summed E-state index contributed by atoms with van der Waals surface area (Å²) in [5.74, 6) is -0.450. The summed E-state index contributed by atoms with van der Waals surface area (Å²) in [5.41, 5.74) is 0.860. The maximum Gasteiger partial charge on any atom is 0.339 e. The molecule has 1 saturated heterocycles.